The Labute approximate surface area is 243 Å². The first-order valence-electron chi connectivity index (χ1n) is 13.5. The predicted molar refractivity (Wildman–Crippen MR) is 160 cm³/mol. The third-order valence-electron chi connectivity index (χ3n) is 7.76. The lowest BCUT2D eigenvalue weighted by Gasteiger charge is -2.33. The lowest BCUT2D eigenvalue weighted by atomic mass is 9.86. The first-order valence-corrected chi connectivity index (χ1v) is 17.3. The molecule has 1 aliphatic rings. The number of hydrogen-bond acceptors (Lipinski definition) is 9. The molecule has 1 saturated heterocycles. The number of aryl methyl sites for hydroxylation is 2. The van der Waals surface area contributed by atoms with E-state index < -0.39 is 19.9 Å². The normalized spacial score (nSPS) is 15.8. The maximum Gasteiger partial charge on any atom is 0.230 e. The van der Waals surface area contributed by atoms with Gasteiger partial charge >= 0.3 is 0 Å². The number of ether oxygens (including phenoxy) is 1. The minimum atomic E-state index is -3.81. The summed E-state index contributed by atoms with van der Waals surface area (Å²) in [5.41, 5.74) is 4.62. The number of sulfone groups is 1. The van der Waals surface area contributed by atoms with Gasteiger partial charge in [0, 0.05) is 36.8 Å². The van der Waals surface area contributed by atoms with Gasteiger partial charge in [0.2, 0.25) is 10.0 Å². The van der Waals surface area contributed by atoms with Crippen LogP contribution in [0.1, 0.15) is 35.9 Å². The van der Waals surface area contributed by atoms with Crippen LogP contribution in [0.2, 0.25) is 0 Å². The molecule has 0 saturated carbocycles. The van der Waals surface area contributed by atoms with Gasteiger partial charge in [-0.2, -0.15) is 0 Å². The fourth-order valence-corrected chi connectivity index (χ4v) is 7.36. The molecule has 5 heterocycles. The molecule has 0 radical (unpaired) electrons. The van der Waals surface area contributed by atoms with E-state index in [1.54, 1.807) is 6.20 Å². The van der Waals surface area contributed by atoms with E-state index in [1.807, 2.05) is 54.8 Å². The second-order valence-corrected chi connectivity index (χ2v) is 14.5. The van der Waals surface area contributed by atoms with Crippen molar-refractivity contribution in [2.24, 2.45) is 5.92 Å². The van der Waals surface area contributed by atoms with Crippen LogP contribution in [-0.4, -0.2) is 62.3 Å². The molecular weight excluding hydrogens is 578 g/mol. The van der Waals surface area contributed by atoms with E-state index in [-0.39, 0.29) is 22.7 Å². The molecule has 1 fully saturated rings. The summed E-state index contributed by atoms with van der Waals surface area (Å²) in [5, 5.41) is 4.42. The number of hydrogen-bond donors (Lipinski definition) is 1. The maximum absolute atomic E-state index is 13.3. The highest BCUT2D eigenvalue weighted by Crippen LogP contribution is 2.44. The molecule has 6 rings (SSSR count). The van der Waals surface area contributed by atoms with Gasteiger partial charge in [-0.05, 0) is 44.2 Å². The molecule has 4 aromatic heterocycles. The van der Waals surface area contributed by atoms with E-state index in [4.69, 9.17) is 14.2 Å². The van der Waals surface area contributed by atoms with Gasteiger partial charge in [0.1, 0.15) is 10.7 Å². The highest BCUT2D eigenvalue weighted by molar-refractivity contribution is 7.92. The van der Waals surface area contributed by atoms with Crippen molar-refractivity contribution in [2.45, 2.75) is 37.6 Å². The van der Waals surface area contributed by atoms with Crippen LogP contribution < -0.4 is 4.72 Å². The fraction of sp³-hybridized carbons (Fsp3) is 0.345. The van der Waals surface area contributed by atoms with E-state index >= 15 is 0 Å². The molecule has 13 heteroatoms. The van der Waals surface area contributed by atoms with Crippen LogP contribution in [0.15, 0.2) is 58.2 Å². The Morgan fingerprint density at radius 1 is 1.00 bits per heavy atom. The summed E-state index contributed by atoms with van der Waals surface area (Å²) >= 11 is 0. The number of anilines is 1. The zero-order chi connectivity index (χ0) is 29.8. The molecule has 0 spiro atoms. The molecule has 0 bridgehead atoms. The van der Waals surface area contributed by atoms with Crippen LogP contribution in [0.3, 0.4) is 0 Å². The number of benzene rings is 1. The van der Waals surface area contributed by atoms with Gasteiger partial charge in [0.05, 0.1) is 46.1 Å². The summed E-state index contributed by atoms with van der Waals surface area (Å²) in [6.07, 6.45) is 6.56. The monoisotopic (exact) mass is 609 g/mol. The molecule has 0 amide bonds. The molecule has 0 aliphatic carbocycles. The highest BCUT2D eigenvalue weighted by atomic mass is 32.2. The van der Waals surface area contributed by atoms with Crippen LogP contribution in [-0.2, 0) is 24.6 Å². The topological polar surface area (TPSA) is 146 Å². The molecule has 5 aromatic rings. The zero-order valence-corrected chi connectivity index (χ0v) is 25.3. The number of aromatic nitrogens is 4. The van der Waals surface area contributed by atoms with Crippen molar-refractivity contribution in [2.75, 3.05) is 30.4 Å². The summed E-state index contributed by atoms with van der Waals surface area (Å²) in [6.45, 7) is 4.83. The van der Waals surface area contributed by atoms with Crippen LogP contribution >= 0.6 is 0 Å². The van der Waals surface area contributed by atoms with Crippen molar-refractivity contribution in [1.82, 2.24) is 19.7 Å². The third kappa shape index (κ3) is 5.05. The summed E-state index contributed by atoms with van der Waals surface area (Å²) in [7, 11) is -7.57. The second kappa shape index (κ2) is 10.5. The number of nitrogens with zero attached hydrogens (tertiary/aromatic N) is 4. The Morgan fingerprint density at radius 3 is 2.33 bits per heavy atom. The van der Waals surface area contributed by atoms with E-state index in [9.17, 15) is 16.8 Å². The van der Waals surface area contributed by atoms with Gasteiger partial charge in [-0.25, -0.2) is 21.8 Å². The number of rotatable bonds is 7. The van der Waals surface area contributed by atoms with Crippen LogP contribution in [0.25, 0.3) is 33.1 Å². The number of sulfonamides is 1. The summed E-state index contributed by atoms with van der Waals surface area (Å²) < 4.78 is 67.1. The van der Waals surface area contributed by atoms with Gasteiger partial charge in [0.25, 0.3) is 0 Å². The van der Waals surface area contributed by atoms with Gasteiger partial charge < -0.3 is 13.8 Å². The van der Waals surface area contributed by atoms with Crippen molar-refractivity contribution < 1.29 is 26.1 Å². The zero-order valence-electron chi connectivity index (χ0n) is 23.7. The Morgan fingerprint density at radius 2 is 1.71 bits per heavy atom. The van der Waals surface area contributed by atoms with E-state index in [2.05, 4.69) is 14.9 Å². The largest absolute Gasteiger partial charge is 0.381 e. The first kappa shape index (κ1) is 28.3. The van der Waals surface area contributed by atoms with Crippen molar-refractivity contribution in [3.8, 4) is 11.1 Å². The smallest absolute Gasteiger partial charge is 0.230 e. The van der Waals surface area contributed by atoms with E-state index in [1.165, 1.54) is 6.20 Å². The number of pyridine rings is 2. The minimum Gasteiger partial charge on any atom is -0.381 e. The Kier molecular flexibility index (Phi) is 7.06. The van der Waals surface area contributed by atoms with Crippen LogP contribution in [0, 0.1) is 19.8 Å². The molecule has 1 N–H and O–H groups in total. The lowest BCUT2D eigenvalue weighted by Crippen LogP contribution is -2.27. The Balaban J connectivity index is 1.81. The van der Waals surface area contributed by atoms with Crippen LogP contribution in [0.4, 0.5) is 5.82 Å². The summed E-state index contributed by atoms with van der Waals surface area (Å²) in [4.78, 5) is 9.11. The molecule has 0 unspecified atom stereocenters. The van der Waals surface area contributed by atoms with E-state index in [0.717, 1.165) is 42.0 Å². The quantitative estimate of drug-likeness (QED) is 0.279. The van der Waals surface area contributed by atoms with Gasteiger partial charge in [-0.1, -0.05) is 35.5 Å². The van der Waals surface area contributed by atoms with Crippen molar-refractivity contribution in [3.05, 3.63) is 65.8 Å². The molecule has 1 aromatic carbocycles. The predicted octanol–water partition coefficient (Wildman–Crippen LogP) is 4.65. The van der Waals surface area contributed by atoms with Gasteiger partial charge in [0.15, 0.2) is 15.7 Å². The van der Waals surface area contributed by atoms with Crippen molar-refractivity contribution in [3.63, 3.8) is 0 Å². The van der Waals surface area contributed by atoms with Gasteiger partial charge in [-0.3, -0.25) is 9.71 Å². The first-order chi connectivity index (χ1) is 19.9. The lowest BCUT2D eigenvalue weighted by molar-refractivity contribution is 0.0552. The number of nitrogens with one attached hydrogen (secondary N) is 1. The fourth-order valence-electron chi connectivity index (χ4n) is 6.06. The SMILES string of the molecule is Cc1noc(C)c1-c1cnc2c3c(NS(C)(=O)=O)ncc(S(C)(=O)=O)c3n([C@H](c3ccccc3)C3CCOCC3)c2c1. The Bertz CT molecular complexity index is 2010. The molecule has 1 atom stereocenters. The third-order valence-corrected chi connectivity index (χ3v) is 9.42. The standard InChI is InChI=1S/C29H31N5O6S2/c1-17-24(18(2)40-32-17)21-14-22-26(30-15-21)25-28(23(41(3,35)36)16-31-29(25)33-42(4,37)38)34(22)27(19-8-6-5-7-9-19)20-10-12-39-13-11-20/h5-9,14-16,20,27H,10-13H2,1-4H3,(H,31,33)/t27-/m1/s1. The number of fused-ring (bicyclic) bond motifs is 3. The van der Waals surface area contributed by atoms with Crippen molar-refractivity contribution >= 4 is 47.6 Å². The summed E-state index contributed by atoms with van der Waals surface area (Å²) in [6, 6.07) is 11.5. The van der Waals surface area contributed by atoms with Crippen LogP contribution in [0.5, 0.6) is 0 Å². The van der Waals surface area contributed by atoms with Gasteiger partial charge in [-0.15, -0.1) is 0 Å². The molecule has 1 aliphatic heterocycles. The van der Waals surface area contributed by atoms with E-state index in [0.29, 0.717) is 46.6 Å². The van der Waals surface area contributed by atoms with Crippen molar-refractivity contribution in [1.29, 1.82) is 0 Å². The minimum absolute atomic E-state index is 0.0126. The average Bonchev–Trinajstić information content (AvgIpc) is 3.45. The second-order valence-electron chi connectivity index (χ2n) is 10.8. The molecule has 42 heavy (non-hydrogen) atoms. The average molecular weight is 610 g/mol. The molecule has 11 nitrogen and oxygen atoms in total. The Hall–Kier alpha value is -3.81. The summed E-state index contributed by atoms with van der Waals surface area (Å²) in [5.74, 6) is 0.730. The molecule has 220 valence electrons. The maximum atomic E-state index is 13.3. The highest BCUT2D eigenvalue weighted by Gasteiger charge is 2.34. The molecular formula is C29H31N5O6S2.